The quantitative estimate of drug-likeness (QED) is 0.606. The van der Waals surface area contributed by atoms with Crippen molar-refractivity contribution < 1.29 is 17.9 Å². The van der Waals surface area contributed by atoms with Gasteiger partial charge in [-0.2, -0.15) is 0 Å². The van der Waals surface area contributed by atoms with E-state index in [-0.39, 0.29) is 23.1 Å². The fourth-order valence-corrected chi connectivity index (χ4v) is 2.99. The van der Waals surface area contributed by atoms with Gasteiger partial charge in [0.2, 0.25) is 15.9 Å². The number of hydrogen-bond donors (Lipinski definition) is 3. The third-order valence-corrected chi connectivity index (χ3v) is 4.31. The summed E-state index contributed by atoms with van der Waals surface area (Å²) in [6, 6.07) is 3.97. The first-order chi connectivity index (χ1) is 9.86. The summed E-state index contributed by atoms with van der Waals surface area (Å²) in [6.07, 6.45) is 0. The zero-order valence-electron chi connectivity index (χ0n) is 11.6. The lowest BCUT2D eigenvalue weighted by molar-refractivity contribution is -0.124. The monoisotopic (exact) mass is 314 g/mol. The maximum absolute atomic E-state index is 11.9. The maximum atomic E-state index is 11.9. The molecule has 0 aromatic heterocycles. The molecule has 116 valence electrons. The van der Waals surface area contributed by atoms with Gasteiger partial charge in [0.25, 0.3) is 0 Å². The average molecular weight is 314 g/mol. The molecule has 1 unspecified atom stereocenters. The Bertz CT molecular complexity index is 647. The smallest absolute Gasteiger partial charge is 0.244 e. The van der Waals surface area contributed by atoms with E-state index in [4.69, 9.17) is 15.6 Å². The van der Waals surface area contributed by atoms with Crippen molar-refractivity contribution in [1.29, 1.82) is 0 Å². The van der Waals surface area contributed by atoms with Crippen LogP contribution in [0.25, 0.3) is 0 Å². The Labute approximate surface area is 123 Å². The van der Waals surface area contributed by atoms with Gasteiger partial charge in [-0.25, -0.2) is 13.6 Å². The summed E-state index contributed by atoms with van der Waals surface area (Å²) in [6.45, 7) is 1.06. The molecule has 9 heteroatoms. The lowest BCUT2D eigenvalue weighted by atomic mass is 10.1. The summed E-state index contributed by atoms with van der Waals surface area (Å²) >= 11 is 0. The number of anilines is 2. The predicted molar refractivity (Wildman–Crippen MR) is 78.2 cm³/mol. The number of carbonyl (C=O) groups excluding carboxylic acids is 1. The molecule has 0 spiro atoms. The van der Waals surface area contributed by atoms with Crippen molar-refractivity contribution in [3.05, 3.63) is 18.2 Å². The van der Waals surface area contributed by atoms with Crippen LogP contribution in [0.2, 0.25) is 0 Å². The molecule has 0 aliphatic carbocycles. The van der Waals surface area contributed by atoms with Crippen LogP contribution in [-0.2, 0) is 19.6 Å². The molecular formula is C12H18N4O4S. The number of primary sulfonamides is 1. The van der Waals surface area contributed by atoms with Crippen LogP contribution in [0.1, 0.15) is 0 Å². The van der Waals surface area contributed by atoms with Crippen molar-refractivity contribution in [1.82, 2.24) is 5.32 Å². The fourth-order valence-electron chi connectivity index (χ4n) is 2.31. The van der Waals surface area contributed by atoms with Gasteiger partial charge in [-0.15, -0.1) is 0 Å². The number of rotatable bonds is 3. The first kappa shape index (κ1) is 15.5. The first-order valence-electron chi connectivity index (χ1n) is 6.33. The molecule has 1 fully saturated rings. The van der Waals surface area contributed by atoms with Crippen molar-refractivity contribution in [3.8, 4) is 0 Å². The van der Waals surface area contributed by atoms with Crippen molar-refractivity contribution in [2.75, 3.05) is 37.4 Å². The minimum absolute atomic E-state index is 0.0378. The Morgan fingerprint density at radius 2 is 2.19 bits per heavy atom. The average Bonchev–Trinajstić information content (AvgIpc) is 2.45. The van der Waals surface area contributed by atoms with Crippen molar-refractivity contribution in [2.45, 2.75) is 10.9 Å². The van der Waals surface area contributed by atoms with Crippen LogP contribution in [0, 0.1) is 0 Å². The van der Waals surface area contributed by atoms with Crippen molar-refractivity contribution in [2.24, 2.45) is 5.14 Å². The number of hydrogen-bond acceptors (Lipinski definition) is 6. The van der Waals surface area contributed by atoms with Gasteiger partial charge < -0.3 is 20.7 Å². The summed E-state index contributed by atoms with van der Waals surface area (Å²) in [5.74, 6) is -0.227. The number of nitrogens with zero attached hydrogens (tertiary/aromatic N) is 1. The van der Waals surface area contributed by atoms with Gasteiger partial charge in [-0.05, 0) is 12.1 Å². The first-order valence-corrected chi connectivity index (χ1v) is 7.88. The summed E-state index contributed by atoms with van der Waals surface area (Å²) in [5.41, 5.74) is 6.43. The summed E-state index contributed by atoms with van der Waals surface area (Å²) in [5, 5.41) is 7.70. The second-order valence-corrected chi connectivity index (χ2v) is 6.16. The second kappa shape index (κ2) is 5.88. The standard InChI is InChI=1S/C12H18N4O4S/c1-15-12(17)9-7-20-6-5-16(9)8-3-2-4-10(11(8)13)21(14,18)19/h2-4,9H,5-7,13H2,1H3,(H,15,17)(H2,14,18,19). The number of ether oxygens (including phenoxy) is 1. The lowest BCUT2D eigenvalue weighted by Crippen LogP contribution is -2.53. The summed E-state index contributed by atoms with van der Waals surface area (Å²) in [7, 11) is -2.39. The van der Waals surface area contributed by atoms with E-state index in [1.54, 1.807) is 17.0 Å². The zero-order valence-corrected chi connectivity index (χ0v) is 12.4. The topological polar surface area (TPSA) is 128 Å². The van der Waals surface area contributed by atoms with Gasteiger partial charge in [-0.1, -0.05) is 6.07 Å². The van der Waals surface area contributed by atoms with Crippen molar-refractivity contribution in [3.63, 3.8) is 0 Å². The molecule has 1 aromatic rings. The minimum Gasteiger partial charge on any atom is -0.396 e. The molecule has 1 aliphatic heterocycles. The Morgan fingerprint density at radius 3 is 2.81 bits per heavy atom. The van der Waals surface area contributed by atoms with Crippen LogP contribution in [0.15, 0.2) is 23.1 Å². The van der Waals surface area contributed by atoms with Gasteiger partial charge in [0, 0.05) is 13.6 Å². The van der Waals surface area contributed by atoms with Crippen LogP contribution >= 0.6 is 0 Å². The van der Waals surface area contributed by atoms with E-state index in [9.17, 15) is 13.2 Å². The fraction of sp³-hybridized carbons (Fsp3) is 0.417. The lowest BCUT2D eigenvalue weighted by Gasteiger charge is -2.36. The molecule has 0 saturated carbocycles. The van der Waals surface area contributed by atoms with E-state index < -0.39 is 16.1 Å². The van der Waals surface area contributed by atoms with E-state index in [1.807, 2.05) is 0 Å². The highest BCUT2D eigenvalue weighted by Gasteiger charge is 2.31. The number of sulfonamides is 1. The number of nitrogens with two attached hydrogens (primary N) is 2. The molecule has 1 aromatic carbocycles. The number of nitrogen functional groups attached to an aromatic ring is 1. The number of carbonyl (C=O) groups is 1. The van der Waals surface area contributed by atoms with Gasteiger partial charge in [-0.3, -0.25) is 4.79 Å². The molecule has 1 atom stereocenters. The normalized spacial score (nSPS) is 19.3. The van der Waals surface area contributed by atoms with Crippen LogP contribution < -0.4 is 21.1 Å². The third kappa shape index (κ3) is 3.09. The highest BCUT2D eigenvalue weighted by molar-refractivity contribution is 7.89. The molecule has 1 aliphatic rings. The molecule has 2 rings (SSSR count). The molecule has 8 nitrogen and oxygen atoms in total. The Hall–Kier alpha value is -1.84. The Balaban J connectivity index is 2.47. The Kier molecular flexibility index (Phi) is 4.35. The largest absolute Gasteiger partial charge is 0.396 e. The number of morpholine rings is 1. The number of likely N-dealkylation sites (N-methyl/N-ethyl adjacent to an activating group) is 1. The number of nitrogens with one attached hydrogen (secondary N) is 1. The van der Waals surface area contributed by atoms with Crippen molar-refractivity contribution >= 4 is 27.3 Å². The van der Waals surface area contributed by atoms with E-state index in [0.717, 1.165) is 0 Å². The van der Waals surface area contributed by atoms with Crippen LogP contribution in [0.4, 0.5) is 11.4 Å². The highest BCUT2D eigenvalue weighted by atomic mass is 32.2. The molecule has 5 N–H and O–H groups in total. The van der Waals surface area contributed by atoms with Gasteiger partial charge in [0.1, 0.15) is 10.9 Å². The summed E-state index contributed by atoms with van der Waals surface area (Å²) < 4.78 is 28.4. The molecule has 0 radical (unpaired) electrons. The molecule has 0 bridgehead atoms. The number of para-hydroxylation sites is 1. The minimum atomic E-state index is -3.92. The second-order valence-electron chi connectivity index (χ2n) is 4.63. The zero-order chi connectivity index (χ0) is 15.6. The van der Waals surface area contributed by atoms with Crippen LogP contribution in [0.3, 0.4) is 0 Å². The molecule has 1 amide bonds. The van der Waals surface area contributed by atoms with E-state index in [2.05, 4.69) is 5.32 Å². The number of amides is 1. The predicted octanol–water partition coefficient (Wildman–Crippen LogP) is -1.13. The van der Waals surface area contributed by atoms with Gasteiger partial charge in [0.05, 0.1) is 24.6 Å². The van der Waals surface area contributed by atoms with Crippen LogP contribution in [0.5, 0.6) is 0 Å². The molecular weight excluding hydrogens is 296 g/mol. The third-order valence-electron chi connectivity index (χ3n) is 3.34. The Morgan fingerprint density at radius 1 is 1.48 bits per heavy atom. The molecule has 1 heterocycles. The summed E-state index contributed by atoms with van der Waals surface area (Å²) in [4.78, 5) is 13.5. The van der Waals surface area contributed by atoms with E-state index in [1.165, 1.54) is 13.1 Å². The molecule has 21 heavy (non-hydrogen) atoms. The SMILES string of the molecule is CNC(=O)C1COCCN1c1cccc(S(N)(=O)=O)c1N. The maximum Gasteiger partial charge on any atom is 0.244 e. The molecule has 1 saturated heterocycles. The van der Waals surface area contributed by atoms with E-state index in [0.29, 0.717) is 18.8 Å². The van der Waals surface area contributed by atoms with E-state index >= 15 is 0 Å². The highest BCUT2D eigenvalue weighted by Crippen LogP contribution is 2.31. The van der Waals surface area contributed by atoms with Gasteiger partial charge >= 0.3 is 0 Å². The van der Waals surface area contributed by atoms with Gasteiger partial charge in [0.15, 0.2) is 0 Å². The van der Waals surface area contributed by atoms with Crippen LogP contribution in [-0.4, -0.2) is 47.2 Å². The number of benzene rings is 1.